The van der Waals surface area contributed by atoms with Gasteiger partial charge in [-0.1, -0.05) is 24.8 Å². The Bertz CT molecular complexity index is 1370. The van der Waals surface area contributed by atoms with Gasteiger partial charge in [0, 0.05) is 85.6 Å². The molecular formula is C37H55ClF2N7S+. The summed E-state index contributed by atoms with van der Waals surface area (Å²) in [7, 11) is 4.47. The maximum Gasteiger partial charge on any atom is 0.276 e. The summed E-state index contributed by atoms with van der Waals surface area (Å²) in [5.41, 5.74) is 9.02. The van der Waals surface area contributed by atoms with Gasteiger partial charge in [0.25, 0.3) is 5.92 Å². The molecule has 3 fully saturated rings. The molecule has 0 bridgehead atoms. The molecule has 2 aliphatic heterocycles. The van der Waals surface area contributed by atoms with Gasteiger partial charge in [-0.05, 0) is 99.3 Å². The van der Waals surface area contributed by atoms with E-state index in [4.69, 9.17) is 17.3 Å². The zero-order chi connectivity index (χ0) is 34.3. The number of hydrogen-bond donors (Lipinski definition) is 2. The van der Waals surface area contributed by atoms with Gasteiger partial charge in [-0.3, -0.25) is 0 Å². The summed E-state index contributed by atoms with van der Waals surface area (Å²) in [6, 6.07) is 11.6. The maximum atomic E-state index is 16.0. The molecule has 48 heavy (non-hydrogen) atoms. The lowest BCUT2D eigenvalue weighted by molar-refractivity contribution is -0.890. The van der Waals surface area contributed by atoms with Crippen LogP contribution in [0.15, 0.2) is 65.8 Å². The minimum absolute atomic E-state index is 0.0224. The third-order valence-electron chi connectivity index (χ3n) is 10.3. The first-order valence-electron chi connectivity index (χ1n) is 17.7. The second-order valence-corrected chi connectivity index (χ2v) is 15.9. The van der Waals surface area contributed by atoms with E-state index in [1.807, 2.05) is 0 Å². The Balaban J connectivity index is 1.09. The van der Waals surface area contributed by atoms with E-state index >= 15 is 8.78 Å². The van der Waals surface area contributed by atoms with Crippen LogP contribution < -0.4 is 20.9 Å². The van der Waals surface area contributed by atoms with Crippen LogP contribution in [0.25, 0.3) is 0 Å². The second kappa shape index (κ2) is 16.6. The van der Waals surface area contributed by atoms with Gasteiger partial charge in [-0.25, -0.2) is 18.1 Å². The van der Waals surface area contributed by atoms with E-state index in [0.29, 0.717) is 44.6 Å². The highest BCUT2D eigenvalue weighted by Crippen LogP contribution is 2.47. The van der Waals surface area contributed by atoms with Crippen molar-refractivity contribution in [2.24, 2.45) is 17.6 Å². The molecule has 0 spiro atoms. The summed E-state index contributed by atoms with van der Waals surface area (Å²) in [5.74, 6) is -2.94. The number of nitrogens with one attached hydrogen (secondary N) is 1. The van der Waals surface area contributed by atoms with Crippen molar-refractivity contribution >= 4 is 35.1 Å². The zero-order valence-corrected chi connectivity index (χ0v) is 30.5. The molecule has 2 aromatic rings. The van der Waals surface area contributed by atoms with Gasteiger partial charge in [0.2, 0.25) is 0 Å². The molecular weight excluding hydrogens is 648 g/mol. The summed E-state index contributed by atoms with van der Waals surface area (Å²) >= 11 is 8.11. The third kappa shape index (κ3) is 9.65. The number of nitrogens with zero attached hydrogens (tertiary/aromatic N) is 5. The number of pyridine rings is 1. The largest absolute Gasteiger partial charge is 0.388 e. The molecule has 5 rings (SSSR count). The summed E-state index contributed by atoms with van der Waals surface area (Å²) in [6.07, 6.45) is 6.63. The molecule has 3 N–H and O–H groups in total. The number of alkyl halides is 2. The van der Waals surface area contributed by atoms with Gasteiger partial charge in [0.15, 0.2) is 0 Å². The molecule has 11 heteroatoms. The smallest absolute Gasteiger partial charge is 0.276 e. The van der Waals surface area contributed by atoms with Crippen molar-refractivity contribution in [1.29, 1.82) is 0 Å². The summed E-state index contributed by atoms with van der Waals surface area (Å²) < 4.78 is 35.3. The minimum atomic E-state index is -2.97. The van der Waals surface area contributed by atoms with Gasteiger partial charge < -0.3 is 25.3 Å². The number of halogens is 3. The highest BCUT2D eigenvalue weighted by Gasteiger charge is 2.44. The standard InChI is InChI=1S/C37H55ClF2N7S/c1-28-8-5-19-46(28)33-13-15-34(16-14-33)48-45-22-20-44(21-23-45)36-27-32(26-35(38)43-36)37(39,40)31-11-9-30(10-12-31)29(2)42-18-7-25-47(3,4)24-6-17-41/h13-16,26-27,30-31,42H,1-2,5-12,17-25,41H2,3-4H3/q+1. The highest BCUT2D eigenvalue weighted by molar-refractivity contribution is 7.97. The van der Waals surface area contributed by atoms with Crippen LogP contribution in [0.2, 0.25) is 5.15 Å². The number of allylic oxidation sites excluding steroid dienone is 2. The van der Waals surface area contributed by atoms with E-state index in [1.165, 1.54) is 22.3 Å². The highest BCUT2D eigenvalue weighted by atomic mass is 35.5. The Morgan fingerprint density at radius 2 is 1.73 bits per heavy atom. The van der Waals surface area contributed by atoms with Crippen molar-refractivity contribution in [3.8, 4) is 0 Å². The van der Waals surface area contributed by atoms with Crippen molar-refractivity contribution in [1.82, 2.24) is 14.6 Å². The van der Waals surface area contributed by atoms with Gasteiger partial charge >= 0.3 is 0 Å². The van der Waals surface area contributed by atoms with Gasteiger partial charge in [-0.2, -0.15) is 0 Å². The van der Waals surface area contributed by atoms with Crippen LogP contribution >= 0.6 is 23.5 Å². The summed E-state index contributed by atoms with van der Waals surface area (Å²) in [4.78, 5) is 10.0. The molecule has 0 amide bonds. The van der Waals surface area contributed by atoms with Crippen LogP contribution in [-0.4, -0.2) is 86.8 Å². The third-order valence-corrected chi connectivity index (χ3v) is 11.6. The number of hydrogen-bond acceptors (Lipinski definition) is 7. The fourth-order valence-corrected chi connectivity index (χ4v) is 8.41. The molecule has 1 aromatic heterocycles. The van der Waals surface area contributed by atoms with Crippen LogP contribution in [0, 0.1) is 11.8 Å². The van der Waals surface area contributed by atoms with Crippen molar-refractivity contribution in [3.63, 3.8) is 0 Å². The molecule has 1 aliphatic carbocycles. The monoisotopic (exact) mass is 702 g/mol. The van der Waals surface area contributed by atoms with Crippen LogP contribution in [-0.2, 0) is 5.92 Å². The Morgan fingerprint density at radius 3 is 2.38 bits per heavy atom. The van der Waals surface area contributed by atoms with Gasteiger partial charge in [0.05, 0.1) is 27.2 Å². The quantitative estimate of drug-likeness (QED) is 0.0863. The second-order valence-electron chi connectivity index (χ2n) is 14.4. The van der Waals surface area contributed by atoms with Crippen LogP contribution in [0.3, 0.4) is 0 Å². The first-order valence-corrected chi connectivity index (χ1v) is 18.8. The zero-order valence-electron chi connectivity index (χ0n) is 28.9. The van der Waals surface area contributed by atoms with E-state index in [-0.39, 0.29) is 16.6 Å². The first kappa shape index (κ1) is 36.9. The maximum absolute atomic E-state index is 16.0. The fraction of sp³-hybridized carbons (Fsp3) is 0.595. The number of benzene rings is 1. The average Bonchev–Trinajstić information content (AvgIpc) is 3.51. The normalized spacial score (nSPS) is 21.2. The Hall–Kier alpha value is -2.37. The lowest BCUT2D eigenvalue weighted by Gasteiger charge is -2.36. The Labute approximate surface area is 296 Å². The van der Waals surface area contributed by atoms with E-state index in [2.05, 4.69) is 75.9 Å². The fourth-order valence-electron chi connectivity index (χ4n) is 7.30. The van der Waals surface area contributed by atoms with Crippen molar-refractivity contribution in [2.75, 3.05) is 82.8 Å². The average molecular weight is 703 g/mol. The number of nitrogens with two attached hydrogens (primary N) is 1. The first-order chi connectivity index (χ1) is 22.9. The molecule has 1 saturated carbocycles. The molecule has 0 radical (unpaired) electrons. The lowest BCUT2D eigenvalue weighted by atomic mass is 9.76. The molecule has 264 valence electrons. The van der Waals surface area contributed by atoms with Crippen LogP contribution in [0.1, 0.15) is 56.9 Å². The summed E-state index contributed by atoms with van der Waals surface area (Å²) in [5, 5.41) is 3.61. The van der Waals surface area contributed by atoms with E-state index < -0.39 is 11.8 Å². The Morgan fingerprint density at radius 1 is 1.04 bits per heavy atom. The summed E-state index contributed by atoms with van der Waals surface area (Å²) in [6.45, 7) is 16.2. The molecule has 0 unspecified atom stereocenters. The van der Waals surface area contributed by atoms with Crippen LogP contribution in [0.4, 0.5) is 20.3 Å². The SMILES string of the molecule is C=C(NCCC[N+](C)(C)CCCN)C1CCC(C(F)(F)c2cc(Cl)nc(N3CCN(Sc4ccc(N5CCCC5=C)cc4)CC3)c2)CC1. The molecule has 1 aromatic carbocycles. The molecule has 2 saturated heterocycles. The molecule has 7 nitrogen and oxygen atoms in total. The van der Waals surface area contributed by atoms with E-state index in [0.717, 1.165) is 81.7 Å². The molecule has 3 heterocycles. The van der Waals surface area contributed by atoms with Crippen molar-refractivity contribution < 1.29 is 13.3 Å². The van der Waals surface area contributed by atoms with E-state index in [1.54, 1.807) is 18.0 Å². The lowest BCUT2D eigenvalue weighted by Crippen LogP contribution is -2.44. The predicted molar refractivity (Wildman–Crippen MR) is 198 cm³/mol. The van der Waals surface area contributed by atoms with Gasteiger partial charge in [-0.15, -0.1) is 0 Å². The van der Waals surface area contributed by atoms with Crippen molar-refractivity contribution in [3.05, 3.63) is 71.7 Å². The number of anilines is 2. The number of aromatic nitrogens is 1. The number of quaternary nitrogens is 1. The minimum Gasteiger partial charge on any atom is -0.388 e. The van der Waals surface area contributed by atoms with Crippen molar-refractivity contribution in [2.45, 2.75) is 62.2 Å². The Kier molecular flexibility index (Phi) is 12.7. The molecule has 0 atom stereocenters. The number of rotatable bonds is 15. The number of piperazine rings is 1. The topological polar surface area (TPSA) is 60.7 Å². The molecule has 3 aliphatic rings. The predicted octanol–water partition coefficient (Wildman–Crippen LogP) is 7.50. The van der Waals surface area contributed by atoms with Crippen LogP contribution in [0.5, 0.6) is 0 Å². The van der Waals surface area contributed by atoms with Gasteiger partial charge in [0.1, 0.15) is 11.0 Å². The van der Waals surface area contributed by atoms with E-state index in [9.17, 15) is 0 Å².